The van der Waals surface area contributed by atoms with Gasteiger partial charge in [0.05, 0.1) is 12.2 Å². The van der Waals surface area contributed by atoms with Crippen molar-refractivity contribution >= 4 is 11.8 Å². The van der Waals surface area contributed by atoms with Crippen LogP contribution in [0.25, 0.3) is 0 Å². The van der Waals surface area contributed by atoms with Gasteiger partial charge in [0.15, 0.2) is 29.1 Å². The summed E-state index contributed by atoms with van der Waals surface area (Å²) in [6, 6.07) is 12.7. The van der Waals surface area contributed by atoms with E-state index < -0.39 is 83.4 Å². The van der Waals surface area contributed by atoms with Gasteiger partial charge >= 0.3 is 5.97 Å². The highest BCUT2D eigenvalue weighted by atomic mass is 16.7. The van der Waals surface area contributed by atoms with E-state index in [1.54, 1.807) is 0 Å². The van der Waals surface area contributed by atoms with Gasteiger partial charge in [-0.15, -0.1) is 0 Å². The largest absolute Gasteiger partial charge is 0.507 e. The summed E-state index contributed by atoms with van der Waals surface area (Å²) in [5.74, 6) is -5.69. The molecule has 3 aromatic carbocycles. The van der Waals surface area contributed by atoms with Crippen LogP contribution < -0.4 is 4.74 Å². The number of aliphatic hydroxyl groups excluding tert-OH is 3. The van der Waals surface area contributed by atoms with Gasteiger partial charge in [-0.05, 0) is 24.1 Å². The van der Waals surface area contributed by atoms with Crippen LogP contribution in [0.2, 0.25) is 0 Å². The van der Waals surface area contributed by atoms with Crippen LogP contribution in [0.4, 0.5) is 0 Å². The predicted molar refractivity (Wildman–Crippen MR) is 138 cm³/mol. The highest BCUT2D eigenvalue weighted by Crippen LogP contribution is 2.37. The Balaban J connectivity index is 1.44. The number of ether oxygens (including phenoxy) is 3. The van der Waals surface area contributed by atoms with Gasteiger partial charge in [0.1, 0.15) is 41.1 Å². The van der Waals surface area contributed by atoms with Crippen molar-refractivity contribution in [1.82, 2.24) is 0 Å². The summed E-state index contributed by atoms with van der Waals surface area (Å²) in [5.41, 5.74) is 0.146. The number of ketones is 1. The van der Waals surface area contributed by atoms with Gasteiger partial charge in [-0.1, -0.05) is 30.3 Å². The number of aromatic hydroxyl groups is 5. The average molecular weight is 573 g/mol. The monoisotopic (exact) mass is 572 g/mol. The number of rotatable bonds is 9. The van der Waals surface area contributed by atoms with E-state index in [0.717, 1.165) is 29.8 Å². The fourth-order valence-corrected chi connectivity index (χ4v) is 4.31. The van der Waals surface area contributed by atoms with Gasteiger partial charge in [0.25, 0.3) is 0 Å². The first kappa shape index (κ1) is 29.4. The third-order valence-corrected chi connectivity index (χ3v) is 6.45. The number of aryl methyl sites for hydroxylation is 1. The van der Waals surface area contributed by atoms with Crippen molar-refractivity contribution in [3.05, 3.63) is 71.3 Å². The number of carbonyl (C=O) groups excluding carboxylic acids is 2. The van der Waals surface area contributed by atoms with Crippen LogP contribution in [-0.4, -0.2) is 89.9 Å². The van der Waals surface area contributed by atoms with E-state index in [1.165, 1.54) is 0 Å². The van der Waals surface area contributed by atoms with Gasteiger partial charge in [-0.3, -0.25) is 4.79 Å². The van der Waals surface area contributed by atoms with Crippen molar-refractivity contribution in [1.29, 1.82) is 0 Å². The van der Waals surface area contributed by atoms with Gasteiger partial charge in [-0.25, -0.2) is 4.79 Å². The highest BCUT2D eigenvalue weighted by Gasteiger charge is 2.48. The molecule has 3 aromatic rings. The average Bonchev–Trinajstić information content (AvgIpc) is 2.94. The zero-order chi connectivity index (χ0) is 29.8. The minimum absolute atomic E-state index is 0.00362. The Bertz CT molecular complexity index is 1360. The minimum Gasteiger partial charge on any atom is -0.507 e. The molecular weight excluding hydrogens is 544 g/mol. The second kappa shape index (κ2) is 12.3. The fraction of sp³-hybridized carbons (Fsp3) is 0.286. The molecule has 13 heteroatoms. The van der Waals surface area contributed by atoms with Crippen LogP contribution in [0.5, 0.6) is 34.5 Å². The Morgan fingerprint density at radius 2 is 1.44 bits per heavy atom. The van der Waals surface area contributed by atoms with Crippen molar-refractivity contribution in [2.75, 3.05) is 6.61 Å². The van der Waals surface area contributed by atoms with Gasteiger partial charge in [-0.2, -0.15) is 0 Å². The zero-order valence-electron chi connectivity index (χ0n) is 21.3. The molecule has 0 spiro atoms. The third kappa shape index (κ3) is 6.44. The predicted octanol–water partition coefficient (Wildman–Crippen LogP) is 1.07. The first-order valence-electron chi connectivity index (χ1n) is 12.4. The highest BCUT2D eigenvalue weighted by molar-refractivity contribution is 6.01. The maximum Gasteiger partial charge on any atom is 0.338 e. The van der Waals surface area contributed by atoms with E-state index in [4.69, 9.17) is 14.2 Å². The first-order valence-corrected chi connectivity index (χ1v) is 12.4. The number of phenolic OH excluding ortho intramolecular Hbond substituents is 5. The molecule has 1 aliphatic rings. The summed E-state index contributed by atoms with van der Waals surface area (Å²) in [6.45, 7) is -0.820. The lowest BCUT2D eigenvalue weighted by atomic mass is 9.98. The molecule has 41 heavy (non-hydrogen) atoms. The van der Waals surface area contributed by atoms with Gasteiger partial charge < -0.3 is 55.1 Å². The van der Waals surface area contributed by atoms with Crippen molar-refractivity contribution in [3.63, 3.8) is 0 Å². The summed E-state index contributed by atoms with van der Waals surface area (Å²) < 4.78 is 16.1. The van der Waals surface area contributed by atoms with Crippen molar-refractivity contribution in [2.45, 2.75) is 43.5 Å². The van der Waals surface area contributed by atoms with E-state index >= 15 is 0 Å². The lowest BCUT2D eigenvalue weighted by Gasteiger charge is -2.41. The Morgan fingerprint density at radius 3 is 2.02 bits per heavy atom. The summed E-state index contributed by atoms with van der Waals surface area (Å²) in [7, 11) is 0. The van der Waals surface area contributed by atoms with E-state index in [1.807, 2.05) is 30.3 Å². The molecular formula is C28H28O13. The number of aliphatic hydroxyl groups is 3. The summed E-state index contributed by atoms with van der Waals surface area (Å²) in [5, 5.41) is 80.5. The van der Waals surface area contributed by atoms with Crippen LogP contribution in [0, 0.1) is 0 Å². The van der Waals surface area contributed by atoms with Crippen LogP contribution in [0.1, 0.15) is 32.7 Å². The lowest BCUT2D eigenvalue weighted by Crippen LogP contribution is -2.61. The number of carbonyl (C=O) groups is 2. The molecule has 4 rings (SSSR count). The van der Waals surface area contributed by atoms with Crippen molar-refractivity contribution < 1.29 is 64.7 Å². The standard InChI is InChI=1S/C28H28O13/c29-12-21-26(41-27(38)14-8-19(33)23(35)20(34)9-14)24(36)25(37)28(40-21)39-15-10-17(31)22(18(32)11-15)16(30)7-6-13-4-2-1-3-5-13/h1-5,8-11,21,24-26,28-29,31-37H,6-7,12H2/t21-,24-,25-,26-,28-/m1/s1. The molecule has 0 aliphatic carbocycles. The van der Waals surface area contributed by atoms with Gasteiger partial charge in [0.2, 0.25) is 6.29 Å². The summed E-state index contributed by atoms with van der Waals surface area (Å²) in [4.78, 5) is 25.2. The van der Waals surface area contributed by atoms with E-state index in [9.17, 15) is 50.4 Å². The quantitative estimate of drug-likeness (QED) is 0.102. The first-order chi connectivity index (χ1) is 19.5. The molecule has 0 radical (unpaired) electrons. The van der Waals surface area contributed by atoms with Gasteiger partial charge in [0, 0.05) is 18.6 Å². The molecule has 1 saturated heterocycles. The Labute approximate surface area is 232 Å². The maximum absolute atomic E-state index is 12.7. The fourth-order valence-electron chi connectivity index (χ4n) is 4.31. The molecule has 8 N–H and O–H groups in total. The number of esters is 1. The van der Waals surface area contributed by atoms with Crippen molar-refractivity contribution in [2.24, 2.45) is 0 Å². The molecule has 1 fully saturated rings. The molecule has 0 aromatic heterocycles. The second-order valence-electron chi connectivity index (χ2n) is 9.30. The smallest absolute Gasteiger partial charge is 0.338 e. The normalized spacial score (nSPS) is 22.2. The molecule has 0 amide bonds. The van der Waals surface area contributed by atoms with Crippen LogP contribution in [-0.2, 0) is 15.9 Å². The molecule has 5 atom stereocenters. The van der Waals surface area contributed by atoms with E-state index in [-0.39, 0.29) is 17.7 Å². The Hall–Kier alpha value is -4.56. The molecule has 0 unspecified atom stereocenters. The third-order valence-electron chi connectivity index (χ3n) is 6.45. The second-order valence-corrected chi connectivity index (χ2v) is 9.30. The molecule has 1 aliphatic heterocycles. The molecule has 1 heterocycles. The topological polar surface area (TPSA) is 224 Å². The summed E-state index contributed by atoms with van der Waals surface area (Å²) in [6.07, 6.45) is -8.15. The number of benzene rings is 3. The number of Topliss-reactive ketones (excluding diaryl/α,β-unsaturated/α-hetero) is 1. The molecule has 0 bridgehead atoms. The zero-order valence-corrected chi connectivity index (χ0v) is 21.3. The van der Waals surface area contributed by atoms with Crippen LogP contribution in [0.15, 0.2) is 54.6 Å². The summed E-state index contributed by atoms with van der Waals surface area (Å²) >= 11 is 0. The van der Waals surface area contributed by atoms with Crippen LogP contribution >= 0.6 is 0 Å². The molecule has 13 nitrogen and oxygen atoms in total. The number of phenols is 5. The number of hydrogen-bond donors (Lipinski definition) is 8. The van der Waals surface area contributed by atoms with E-state index in [2.05, 4.69) is 0 Å². The maximum atomic E-state index is 12.7. The minimum atomic E-state index is -1.88. The van der Waals surface area contributed by atoms with Crippen LogP contribution in [0.3, 0.4) is 0 Å². The Kier molecular flexibility index (Phi) is 8.83. The lowest BCUT2D eigenvalue weighted by molar-refractivity contribution is -0.276. The van der Waals surface area contributed by atoms with Crippen molar-refractivity contribution in [3.8, 4) is 34.5 Å². The SMILES string of the molecule is O=C(O[C@H]1[C@H](O)[C@@H](O)[C@H](Oc2cc(O)c(C(=O)CCc3ccccc3)c(O)c2)O[C@@H]1CO)c1cc(O)c(O)c(O)c1. The number of hydrogen-bond acceptors (Lipinski definition) is 13. The molecule has 0 saturated carbocycles. The Morgan fingerprint density at radius 1 is 0.829 bits per heavy atom. The molecule has 218 valence electrons. The van der Waals surface area contributed by atoms with E-state index in [0.29, 0.717) is 6.42 Å².